The van der Waals surface area contributed by atoms with Crippen molar-refractivity contribution in [2.75, 3.05) is 13.1 Å². The van der Waals surface area contributed by atoms with Crippen LogP contribution in [0.15, 0.2) is 28.0 Å². The molecule has 0 spiro atoms. The van der Waals surface area contributed by atoms with Crippen molar-refractivity contribution >= 4 is 21.6 Å². The molecule has 0 aliphatic carbocycles. The molecule has 0 radical (unpaired) electrons. The van der Waals surface area contributed by atoms with Gasteiger partial charge in [-0.25, -0.2) is 22.3 Å². The van der Waals surface area contributed by atoms with Gasteiger partial charge in [-0.2, -0.15) is 4.31 Å². The highest BCUT2D eigenvalue weighted by molar-refractivity contribution is 7.89. The summed E-state index contributed by atoms with van der Waals surface area (Å²) >= 11 is 0. The molecule has 3 rings (SSSR count). The van der Waals surface area contributed by atoms with E-state index in [1.165, 1.54) is 22.6 Å². The molecule has 2 aromatic rings. The Balaban J connectivity index is 2.01. The topological polar surface area (TPSA) is 103 Å². The Kier molecular flexibility index (Phi) is 5.15. The highest BCUT2D eigenvalue weighted by atomic mass is 32.2. The molecule has 1 fully saturated rings. The number of pyridine rings is 1. The molecule has 26 heavy (non-hydrogen) atoms. The van der Waals surface area contributed by atoms with Crippen LogP contribution in [0.1, 0.15) is 33.1 Å². The minimum atomic E-state index is -3.76. The van der Waals surface area contributed by atoms with Crippen LogP contribution in [0.3, 0.4) is 0 Å². The summed E-state index contributed by atoms with van der Waals surface area (Å²) in [7, 11) is -3.76. The van der Waals surface area contributed by atoms with Gasteiger partial charge in [0.05, 0.1) is 6.10 Å². The number of sulfonamides is 1. The van der Waals surface area contributed by atoms with Gasteiger partial charge in [-0.05, 0) is 38.8 Å². The van der Waals surface area contributed by atoms with Crippen molar-refractivity contribution in [1.82, 2.24) is 18.5 Å². The Morgan fingerprint density at radius 2 is 1.96 bits per heavy atom. The average Bonchev–Trinajstić information content (AvgIpc) is 2.91. The second-order valence-corrected chi connectivity index (χ2v) is 8.42. The third-order valence-corrected chi connectivity index (χ3v) is 6.07. The second kappa shape index (κ2) is 7.20. The van der Waals surface area contributed by atoms with E-state index in [0.29, 0.717) is 13.1 Å². The van der Waals surface area contributed by atoms with Crippen LogP contribution < -0.4 is 5.69 Å². The quantitative estimate of drug-likeness (QED) is 0.703. The van der Waals surface area contributed by atoms with Crippen LogP contribution in [-0.2, 0) is 26.1 Å². The zero-order chi connectivity index (χ0) is 18.9. The van der Waals surface area contributed by atoms with Crippen molar-refractivity contribution in [2.45, 2.75) is 50.7 Å². The van der Waals surface area contributed by atoms with E-state index in [4.69, 9.17) is 4.74 Å². The minimum Gasteiger partial charge on any atom is -0.462 e. The number of rotatable bonds is 5. The molecule has 2 aromatic heterocycles. The van der Waals surface area contributed by atoms with Crippen LogP contribution in [0.25, 0.3) is 5.65 Å². The summed E-state index contributed by atoms with van der Waals surface area (Å²) in [5.74, 6) is -0.606. The van der Waals surface area contributed by atoms with Gasteiger partial charge < -0.3 is 4.74 Å². The van der Waals surface area contributed by atoms with Crippen LogP contribution in [0, 0.1) is 0 Å². The van der Waals surface area contributed by atoms with E-state index in [0.717, 1.165) is 28.3 Å². The number of aromatic nitrogens is 3. The normalized spacial score (nSPS) is 16.3. The standard InChI is InChI=1S/C16H22N4O5S/c1-12(2)25-14(21)11-20-16(22)19-10-6-7-13(15(19)17-20)26(23,24)18-8-4-3-5-9-18/h6-7,10,12H,3-5,8-9,11H2,1-2H3. The minimum absolute atomic E-state index is 0.0143. The molecule has 0 saturated carbocycles. The fourth-order valence-electron chi connectivity index (χ4n) is 2.98. The highest BCUT2D eigenvalue weighted by Crippen LogP contribution is 2.22. The lowest BCUT2D eigenvalue weighted by Gasteiger charge is -2.25. The molecule has 10 heteroatoms. The van der Waals surface area contributed by atoms with E-state index in [9.17, 15) is 18.0 Å². The largest absolute Gasteiger partial charge is 0.462 e. The molecule has 1 saturated heterocycles. The van der Waals surface area contributed by atoms with Crippen LogP contribution in [0.5, 0.6) is 0 Å². The predicted octanol–water partition coefficient (Wildman–Crippen LogP) is 0.622. The molecule has 1 aliphatic rings. The Morgan fingerprint density at radius 3 is 2.62 bits per heavy atom. The SMILES string of the molecule is CC(C)OC(=O)Cn1nc2c(S(=O)(=O)N3CCCCC3)cccn2c1=O. The number of carbonyl (C=O) groups is 1. The number of hydrogen-bond acceptors (Lipinski definition) is 6. The van der Waals surface area contributed by atoms with Gasteiger partial charge in [0.25, 0.3) is 0 Å². The van der Waals surface area contributed by atoms with Crippen molar-refractivity contribution in [3.8, 4) is 0 Å². The summed E-state index contributed by atoms with van der Waals surface area (Å²) in [4.78, 5) is 24.2. The van der Waals surface area contributed by atoms with E-state index in [-0.39, 0.29) is 23.2 Å². The first-order valence-corrected chi connectivity index (χ1v) is 10.0. The predicted molar refractivity (Wildman–Crippen MR) is 93.3 cm³/mol. The highest BCUT2D eigenvalue weighted by Gasteiger charge is 2.29. The monoisotopic (exact) mass is 382 g/mol. The van der Waals surface area contributed by atoms with Crippen LogP contribution in [-0.4, -0.2) is 52.1 Å². The first-order valence-electron chi connectivity index (χ1n) is 8.58. The van der Waals surface area contributed by atoms with Crippen molar-refractivity contribution in [3.63, 3.8) is 0 Å². The van der Waals surface area contributed by atoms with Crippen molar-refractivity contribution in [3.05, 3.63) is 28.8 Å². The fourth-order valence-corrected chi connectivity index (χ4v) is 4.62. The fraction of sp³-hybridized carbons (Fsp3) is 0.562. The van der Waals surface area contributed by atoms with Crippen LogP contribution in [0.4, 0.5) is 0 Å². The van der Waals surface area contributed by atoms with Crippen molar-refractivity contribution in [1.29, 1.82) is 0 Å². The maximum Gasteiger partial charge on any atom is 0.350 e. The second-order valence-electron chi connectivity index (χ2n) is 6.51. The Hall–Kier alpha value is -2.20. The zero-order valence-electron chi connectivity index (χ0n) is 14.8. The third-order valence-electron chi connectivity index (χ3n) is 4.15. The number of hydrogen-bond donors (Lipinski definition) is 0. The zero-order valence-corrected chi connectivity index (χ0v) is 15.6. The Morgan fingerprint density at radius 1 is 1.27 bits per heavy atom. The van der Waals surface area contributed by atoms with Crippen LogP contribution in [0.2, 0.25) is 0 Å². The van der Waals surface area contributed by atoms with Gasteiger partial charge in [0.2, 0.25) is 10.0 Å². The van der Waals surface area contributed by atoms with E-state index in [2.05, 4.69) is 5.10 Å². The molecule has 0 aromatic carbocycles. The average molecular weight is 382 g/mol. The molecule has 1 aliphatic heterocycles. The summed E-state index contributed by atoms with van der Waals surface area (Å²) in [6.45, 7) is 3.94. The molecule has 9 nitrogen and oxygen atoms in total. The van der Waals surface area contributed by atoms with Gasteiger partial charge in [-0.3, -0.25) is 4.79 Å². The Bertz CT molecular complexity index is 970. The van der Waals surface area contributed by atoms with Crippen LogP contribution >= 0.6 is 0 Å². The van der Waals surface area contributed by atoms with Gasteiger partial charge in [-0.15, -0.1) is 5.10 Å². The summed E-state index contributed by atoms with van der Waals surface area (Å²) in [5, 5.41) is 4.08. The number of carbonyl (C=O) groups excluding carboxylic acids is 1. The van der Waals surface area contributed by atoms with Gasteiger partial charge in [0.15, 0.2) is 5.65 Å². The number of piperidine rings is 1. The number of esters is 1. The number of nitrogens with zero attached hydrogens (tertiary/aromatic N) is 4. The lowest BCUT2D eigenvalue weighted by Crippen LogP contribution is -2.35. The Labute approximate surface area is 151 Å². The number of fused-ring (bicyclic) bond motifs is 1. The molecule has 142 valence electrons. The summed E-state index contributed by atoms with van der Waals surface area (Å²) < 4.78 is 34.4. The molecular formula is C16H22N4O5S. The van der Waals surface area contributed by atoms with Crippen molar-refractivity contribution in [2.24, 2.45) is 0 Å². The number of ether oxygens (including phenoxy) is 1. The molecule has 0 atom stereocenters. The third kappa shape index (κ3) is 3.51. The maximum absolute atomic E-state index is 13.0. The molecule has 0 N–H and O–H groups in total. The van der Waals surface area contributed by atoms with Gasteiger partial charge in [0.1, 0.15) is 11.4 Å². The molecule has 0 unspecified atom stereocenters. The summed E-state index contributed by atoms with van der Waals surface area (Å²) in [5.41, 5.74) is -0.572. The molecular weight excluding hydrogens is 360 g/mol. The van der Waals surface area contributed by atoms with E-state index < -0.39 is 21.7 Å². The van der Waals surface area contributed by atoms with Gasteiger partial charge in [-0.1, -0.05) is 6.42 Å². The lowest BCUT2D eigenvalue weighted by atomic mass is 10.2. The van der Waals surface area contributed by atoms with Gasteiger partial charge in [0, 0.05) is 19.3 Å². The first-order chi connectivity index (χ1) is 12.3. The van der Waals surface area contributed by atoms with E-state index in [1.807, 2.05) is 0 Å². The van der Waals surface area contributed by atoms with Gasteiger partial charge >= 0.3 is 11.7 Å². The van der Waals surface area contributed by atoms with Crippen molar-refractivity contribution < 1.29 is 17.9 Å². The molecule has 0 amide bonds. The maximum atomic E-state index is 13.0. The lowest BCUT2D eigenvalue weighted by molar-refractivity contribution is -0.148. The van der Waals surface area contributed by atoms with E-state index >= 15 is 0 Å². The first kappa shape index (κ1) is 18.6. The van der Waals surface area contributed by atoms with E-state index in [1.54, 1.807) is 13.8 Å². The summed E-state index contributed by atoms with van der Waals surface area (Å²) in [6.07, 6.45) is 3.74. The molecule has 0 bridgehead atoms. The molecule has 3 heterocycles. The smallest absolute Gasteiger partial charge is 0.350 e. The summed E-state index contributed by atoms with van der Waals surface area (Å²) in [6, 6.07) is 2.92.